The average molecular weight is 373 g/mol. The molecule has 2 N–H and O–H groups in total. The fourth-order valence-corrected chi connectivity index (χ4v) is 3.49. The summed E-state index contributed by atoms with van der Waals surface area (Å²) in [6.07, 6.45) is 0.766. The van der Waals surface area contributed by atoms with Crippen molar-refractivity contribution in [3.63, 3.8) is 0 Å². The molecule has 0 atom stereocenters. The highest BCUT2D eigenvalue weighted by Gasteiger charge is 2.22. The molecule has 0 aliphatic heterocycles. The van der Waals surface area contributed by atoms with Crippen molar-refractivity contribution in [2.75, 3.05) is 12.8 Å². The first kappa shape index (κ1) is 16.1. The minimum absolute atomic E-state index is 0.156. The number of anilines is 1. The maximum absolute atomic E-state index is 12.5. The van der Waals surface area contributed by atoms with E-state index in [1.807, 2.05) is 6.92 Å². The molecule has 5 nitrogen and oxygen atoms in total. The number of benzene rings is 1. The molecule has 0 unspecified atom stereocenters. The lowest BCUT2D eigenvalue weighted by Gasteiger charge is -2.16. The summed E-state index contributed by atoms with van der Waals surface area (Å²) >= 11 is 3.19. The minimum atomic E-state index is -3.60. The van der Waals surface area contributed by atoms with Gasteiger partial charge in [0, 0.05) is 12.7 Å². The van der Waals surface area contributed by atoms with Crippen molar-refractivity contribution in [3.05, 3.63) is 46.3 Å². The van der Waals surface area contributed by atoms with E-state index >= 15 is 0 Å². The third kappa shape index (κ3) is 3.48. The summed E-state index contributed by atoms with van der Waals surface area (Å²) in [4.78, 5) is 0.185. The van der Waals surface area contributed by atoms with E-state index in [-0.39, 0.29) is 11.4 Å². The molecule has 0 aliphatic rings. The Bertz CT molecular complexity index is 740. The van der Waals surface area contributed by atoms with Crippen molar-refractivity contribution in [2.45, 2.75) is 24.8 Å². The predicted molar refractivity (Wildman–Crippen MR) is 85.3 cm³/mol. The van der Waals surface area contributed by atoms with E-state index < -0.39 is 10.0 Å². The molecular formula is C14H17BrN2O3S. The number of nitrogen functional groups attached to an aromatic ring is 1. The van der Waals surface area contributed by atoms with E-state index in [1.165, 1.54) is 17.4 Å². The second-order valence-corrected chi connectivity index (χ2v) is 7.51. The zero-order valence-electron chi connectivity index (χ0n) is 11.8. The summed E-state index contributed by atoms with van der Waals surface area (Å²) in [5, 5.41) is 0. The summed E-state index contributed by atoms with van der Waals surface area (Å²) in [7, 11) is -2.09. The second-order valence-electron chi connectivity index (χ2n) is 4.68. The summed E-state index contributed by atoms with van der Waals surface area (Å²) < 4.78 is 32.2. The molecule has 1 aromatic heterocycles. The molecule has 0 saturated heterocycles. The van der Waals surface area contributed by atoms with Crippen LogP contribution >= 0.6 is 15.9 Å². The third-order valence-corrected chi connectivity index (χ3v) is 5.44. The second kappa shape index (κ2) is 6.21. The molecule has 0 amide bonds. The Hall–Kier alpha value is -1.31. The van der Waals surface area contributed by atoms with Gasteiger partial charge in [-0.25, -0.2) is 8.42 Å². The lowest BCUT2D eigenvalue weighted by atomic mass is 10.1. The van der Waals surface area contributed by atoms with E-state index in [9.17, 15) is 8.42 Å². The summed E-state index contributed by atoms with van der Waals surface area (Å²) in [5.41, 5.74) is 7.31. The summed E-state index contributed by atoms with van der Waals surface area (Å²) in [6, 6.07) is 8.29. The normalized spacial score (nSPS) is 12.0. The molecule has 0 aliphatic carbocycles. The van der Waals surface area contributed by atoms with Crippen molar-refractivity contribution in [1.82, 2.24) is 4.31 Å². The molecule has 0 fully saturated rings. The van der Waals surface area contributed by atoms with Gasteiger partial charge in [-0.15, -0.1) is 0 Å². The van der Waals surface area contributed by atoms with E-state index in [1.54, 1.807) is 24.3 Å². The number of furan rings is 1. The fourth-order valence-electron chi connectivity index (χ4n) is 1.98. The maximum Gasteiger partial charge on any atom is 0.243 e. The van der Waals surface area contributed by atoms with Crippen LogP contribution in [0.4, 0.5) is 5.69 Å². The predicted octanol–water partition coefficient (Wildman–Crippen LogP) is 3.01. The van der Waals surface area contributed by atoms with E-state index in [0.29, 0.717) is 16.1 Å². The first-order valence-corrected chi connectivity index (χ1v) is 8.67. The van der Waals surface area contributed by atoms with Crippen LogP contribution < -0.4 is 5.73 Å². The molecule has 2 aromatic rings. The number of rotatable bonds is 5. The van der Waals surface area contributed by atoms with E-state index in [2.05, 4.69) is 15.9 Å². The van der Waals surface area contributed by atoms with Crippen LogP contribution in [0.5, 0.6) is 0 Å². The fraction of sp³-hybridized carbons (Fsp3) is 0.286. The van der Waals surface area contributed by atoms with E-state index in [0.717, 1.165) is 12.0 Å². The molecule has 0 radical (unpaired) electrons. The maximum atomic E-state index is 12.5. The number of nitrogens with two attached hydrogens (primary N) is 1. The van der Waals surface area contributed by atoms with Gasteiger partial charge in [0.05, 0.1) is 11.4 Å². The quantitative estimate of drug-likeness (QED) is 0.818. The van der Waals surface area contributed by atoms with Crippen LogP contribution in [0.1, 0.15) is 18.2 Å². The summed E-state index contributed by atoms with van der Waals surface area (Å²) in [5.74, 6) is 0.561. The van der Waals surface area contributed by atoms with Gasteiger partial charge in [-0.3, -0.25) is 0 Å². The number of nitrogens with zero attached hydrogens (tertiary/aromatic N) is 1. The summed E-state index contributed by atoms with van der Waals surface area (Å²) in [6.45, 7) is 2.13. The lowest BCUT2D eigenvalue weighted by Crippen LogP contribution is -2.26. The molecule has 0 spiro atoms. The highest BCUT2D eigenvalue weighted by atomic mass is 79.9. The van der Waals surface area contributed by atoms with Gasteiger partial charge in [0.2, 0.25) is 10.0 Å². The Morgan fingerprint density at radius 1 is 1.29 bits per heavy atom. The van der Waals surface area contributed by atoms with Crippen LogP contribution in [0.15, 0.2) is 44.3 Å². The molecule has 7 heteroatoms. The van der Waals surface area contributed by atoms with Crippen LogP contribution in [0, 0.1) is 0 Å². The van der Waals surface area contributed by atoms with Gasteiger partial charge in [0.1, 0.15) is 5.76 Å². The number of hydrogen-bond donors (Lipinski definition) is 1. The topological polar surface area (TPSA) is 76.5 Å². The highest BCUT2D eigenvalue weighted by Crippen LogP contribution is 2.23. The Labute approximate surface area is 132 Å². The minimum Gasteiger partial charge on any atom is -0.453 e. The zero-order valence-corrected chi connectivity index (χ0v) is 14.2. The van der Waals surface area contributed by atoms with Gasteiger partial charge in [-0.2, -0.15) is 4.31 Å². The molecule has 1 aromatic carbocycles. The highest BCUT2D eigenvalue weighted by molar-refractivity contribution is 9.10. The molecule has 2 rings (SSSR count). The van der Waals surface area contributed by atoms with Crippen LogP contribution in [0.25, 0.3) is 0 Å². The van der Waals surface area contributed by atoms with Crippen molar-refractivity contribution in [2.24, 2.45) is 0 Å². The van der Waals surface area contributed by atoms with Gasteiger partial charge in [0.15, 0.2) is 4.67 Å². The Kier molecular flexibility index (Phi) is 4.75. The van der Waals surface area contributed by atoms with Gasteiger partial charge < -0.3 is 10.2 Å². The van der Waals surface area contributed by atoms with E-state index in [4.69, 9.17) is 10.2 Å². The first-order valence-electron chi connectivity index (χ1n) is 6.43. The molecule has 1 heterocycles. The smallest absolute Gasteiger partial charge is 0.243 e. The monoisotopic (exact) mass is 372 g/mol. The third-order valence-electron chi connectivity index (χ3n) is 3.21. The Balaban J connectivity index is 2.26. The van der Waals surface area contributed by atoms with Crippen LogP contribution in [0.2, 0.25) is 0 Å². The lowest BCUT2D eigenvalue weighted by molar-refractivity contribution is 0.398. The van der Waals surface area contributed by atoms with Crippen LogP contribution in [-0.2, 0) is 23.0 Å². The average Bonchev–Trinajstić information content (AvgIpc) is 2.83. The van der Waals surface area contributed by atoms with Gasteiger partial charge in [0.25, 0.3) is 0 Å². The molecule has 114 valence electrons. The SMILES string of the molecule is CCc1ccc(S(=O)(=O)N(C)Cc2ccc(Br)o2)cc1N. The number of aryl methyl sites for hydroxylation is 1. The van der Waals surface area contributed by atoms with Crippen molar-refractivity contribution in [1.29, 1.82) is 0 Å². The zero-order chi connectivity index (χ0) is 15.6. The Morgan fingerprint density at radius 3 is 2.52 bits per heavy atom. The first-order chi connectivity index (χ1) is 9.84. The largest absolute Gasteiger partial charge is 0.453 e. The Morgan fingerprint density at radius 2 is 2.00 bits per heavy atom. The molecule has 0 bridgehead atoms. The van der Waals surface area contributed by atoms with Gasteiger partial charge in [-0.1, -0.05) is 13.0 Å². The molecule has 0 saturated carbocycles. The number of hydrogen-bond acceptors (Lipinski definition) is 4. The molecular weight excluding hydrogens is 356 g/mol. The standard InChI is InChI=1S/C14H17BrN2O3S/c1-3-10-4-6-12(8-13(10)16)21(18,19)17(2)9-11-5-7-14(15)20-11/h4-8H,3,9,16H2,1-2H3. The van der Waals surface area contributed by atoms with Crippen molar-refractivity contribution >= 4 is 31.6 Å². The number of halogens is 1. The van der Waals surface area contributed by atoms with Crippen molar-refractivity contribution < 1.29 is 12.8 Å². The van der Waals surface area contributed by atoms with Crippen LogP contribution in [-0.4, -0.2) is 19.8 Å². The van der Waals surface area contributed by atoms with Crippen molar-refractivity contribution in [3.8, 4) is 0 Å². The van der Waals surface area contributed by atoms with Gasteiger partial charge >= 0.3 is 0 Å². The number of sulfonamides is 1. The van der Waals surface area contributed by atoms with Gasteiger partial charge in [-0.05, 0) is 52.2 Å². The molecule has 21 heavy (non-hydrogen) atoms. The van der Waals surface area contributed by atoms with Crippen LogP contribution in [0.3, 0.4) is 0 Å².